The van der Waals surface area contributed by atoms with Gasteiger partial charge in [0.1, 0.15) is 11.6 Å². The lowest BCUT2D eigenvalue weighted by Crippen LogP contribution is -2.36. The Balaban J connectivity index is 2.25. The number of rotatable bonds is 5. The number of nitrogens with zero attached hydrogens (tertiary/aromatic N) is 5. The van der Waals surface area contributed by atoms with E-state index in [4.69, 9.17) is 10.8 Å². The summed E-state index contributed by atoms with van der Waals surface area (Å²) in [6.07, 6.45) is -2.87. The van der Waals surface area contributed by atoms with Crippen LogP contribution in [0.1, 0.15) is 5.82 Å². The zero-order valence-electron chi connectivity index (χ0n) is 11.3. The van der Waals surface area contributed by atoms with Gasteiger partial charge in [0.05, 0.1) is 31.3 Å². The van der Waals surface area contributed by atoms with Crippen LogP contribution in [-0.4, -0.2) is 55.6 Å². The third-order valence-corrected chi connectivity index (χ3v) is 2.85. The SMILES string of the molecule is Cn1ncc2c(N)nc(CN(CCO)CC(F)(F)F)nc21. The monoisotopic (exact) mass is 304 g/mol. The molecule has 0 atom stereocenters. The summed E-state index contributed by atoms with van der Waals surface area (Å²) in [5.74, 6) is 0.320. The number of hydrogen-bond acceptors (Lipinski definition) is 6. The standard InChI is InChI=1S/C11H15F3N6O/c1-19-10-7(4-16-19)9(15)17-8(18-10)5-20(2-3-21)6-11(12,13)14/h4,21H,2-3,5-6H2,1H3,(H2,15,17,18). The molecule has 2 rings (SSSR count). The Kier molecular flexibility index (Phi) is 4.28. The van der Waals surface area contributed by atoms with Gasteiger partial charge in [-0.05, 0) is 0 Å². The number of aliphatic hydroxyl groups excluding tert-OH is 1. The molecule has 0 saturated carbocycles. The second kappa shape index (κ2) is 5.82. The lowest BCUT2D eigenvalue weighted by atomic mass is 10.3. The maximum Gasteiger partial charge on any atom is 0.401 e. The zero-order chi connectivity index (χ0) is 15.6. The smallest absolute Gasteiger partial charge is 0.395 e. The summed E-state index contributed by atoms with van der Waals surface area (Å²) in [7, 11) is 1.65. The van der Waals surface area contributed by atoms with Gasteiger partial charge in [-0.25, -0.2) is 9.97 Å². The quantitative estimate of drug-likeness (QED) is 0.825. The van der Waals surface area contributed by atoms with Crippen LogP contribution in [0, 0.1) is 0 Å². The van der Waals surface area contributed by atoms with Gasteiger partial charge in [0.15, 0.2) is 5.65 Å². The lowest BCUT2D eigenvalue weighted by molar-refractivity contribution is -0.148. The maximum atomic E-state index is 12.5. The minimum absolute atomic E-state index is 0.133. The van der Waals surface area contributed by atoms with Gasteiger partial charge in [-0.1, -0.05) is 0 Å². The number of halogens is 3. The second-order valence-corrected chi connectivity index (χ2v) is 4.58. The van der Waals surface area contributed by atoms with E-state index in [1.54, 1.807) is 7.05 Å². The summed E-state index contributed by atoms with van der Waals surface area (Å²) in [4.78, 5) is 9.17. The molecule has 0 bridgehead atoms. The van der Waals surface area contributed by atoms with E-state index in [9.17, 15) is 13.2 Å². The Morgan fingerprint density at radius 3 is 2.71 bits per heavy atom. The van der Waals surface area contributed by atoms with Gasteiger partial charge in [-0.2, -0.15) is 18.3 Å². The van der Waals surface area contributed by atoms with E-state index < -0.39 is 12.7 Å². The largest absolute Gasteiger partial charge is 0.401 e. The molecule has 0 spiro atoms. The van der Waals surface area contributed by atoms with Crippen LogP contribution in [-0.2, 0) is 13.6 Å². The Labute approximate surface area is 118 Å². The minimum Gasteiger partial charge on any atom is -0.395 e. The van der Waals surface area contributed by atoms with E-state index in [1.807, 2.05) is 0 Å². The van der Waals surface area contributed by atoms with Gasteiger partial charge >= 0.3 is 6.18 Å². The highest BCUT2D eigenvalue weighted by Crippen LogP contribution is 2.19. The first-order chi connectivity index (χ1) is 9.80. The van der Waals surface area contributed by atoms with Crippen molar-refractivity contribution in [1.29, 1.82) is 0 Å². The van der Waals surface area contributed by atoms with E-state index >= 15 is 0 Å². The summed E-state index contributed by atoms with van der Waals surface area (Å²) in [6, 6.07) is 0. The molecule has 10 heteroatoms. The van der Waals surface area contributed by atoms with Crippen LogP contribution < -0.4 is 5.73 Å². The molecule has 0 aliphatic heterocycles. The number of nitrogen functional groups attached to an aromatic ring is 1. The van der Waals surface area contributed by atoms with Gasteiger partial charge in [0, 0.05) is 13.6 Å². The fourth-order valence-electron chi connectivity index (χ4n) is 1.97. The predicted molar refractivity (Wildman–Crippen MR) is 69.1 cm³/mol. The van der Waals surface area contributed by atoms with Crippen molar-refractivity contribution in [2.45, 2.75) is 12.7 Å². The van der Waals surface area contributed by atoms with Crippen LogP contribution in [0.2, 0.25) is 0 Å². The molecule has 0 amide bonds. The molecule has 0 aliphatic rings. The first-order valence-electron chi connectivity index (χ1n) is 6.14. The van der Waals surface area contributed by atoms with Crippen LogP contribution in [0.3, 0.4) is 0 Å². The number of anilines is 1. The number of nitrogens with two attached hydrogens (primary N) is 1. The van der Waals surface area contributed by atoms with Crippen LogP contribution in [0.15, 0.2) is 6.20 Å². The molecular formula is C11H15F3N6O. The summed E-state index contributed by atoms with van der Waals surface area (Å²) in [5.41, 5.74) is 6.20. The third kappa shape index (κ3) is 3.79. The molecule has 0 saturated heterocycles. The summed E-state index contributed by atoms with van der Waals surface area (Å²) >= 11 is 0. The topological polar surface area (TPSA) is 93.1 Å². The van der Waals surface area contributed by atoms with Gasteiger partial charge < -0.3 is 10.8 Å². The van der Waals surface area contributed by atoms with E-state index in [0.29, 0.717) is 11.0 Å². The highest BCUT2D eigenvalue weighted by atomic mass is 19.4. The van der Waals surface area contributed by atoms with E-state index in [-0.39, 0.29) is 31.3 Å². The summed E-state index contributed by atoms with van der Waals surface area (Å²) < 4.78 is 38.9. The van der Waals surface area contributed by atoms with E-state index in [2.05, 4.69) is 15.1 Å². The van der Waals surface area contributed by atoms with Gasteiger partial charge in [0.2, 0.25) is 0 Å². The molecule has 21 heavy (non-hydrogen) atoms. The van der Waals surface area contributed by atoms with Gasteiger partial charge in [-0.3, -0.25) is 9.58 Å². The molecule has 0 fully saturated rings. The number of aliphatic hydroxyl groups is 1. The first kappa shape index (κ1) is 15.4. The van der Waals surface area contributed by atoms with Crippen molar-refractivity contribution in [3.05, 3.63) is 12.0 Å². The number of fused-ring (bicyclic) bond motifs is 1. The van der Waals surface area contributed by atoms with E-state index in [1.165, 1.54) is 10.9 Å². The van der Waals surface area contributed by atoms with Crippen molar-refractivity contribution in [3.63, 3.8) is 0 Å². The molecular weight excluding hydrogens is 289 g/mol. The number of aryl methyl sites for hydroxylation is 1. The van der Waals surface area contributed by atoms with E-state index in [0.717, 1.165) is 4.90 Å². The summed E-state index contributed by atoms with van der Waals surface area (Å²) in [5, 5.41) is 13.4. The first-order valence-corrected chi connectivity index (χ1v) is 6.14. The molecule has 0 unspecified atom stereocenters. The average Bonchev–Trinajstić information content (AvgIpc) is 2.70. The highest BCUT2D eigenvalue weighted by Gasteiger charge is 2.31. The fraction of sp³-hybridized carbons (Fsp3) is 0.545. The van der Waals surface area contributed by atoms with Crippen molar-refractivity contribution in [3.8, 4) is 0 Å². The molecule has 2 aromatic rings. The molecule has 3 N–H and O–H groups in total. The Hall–Kier alpha value is -1.94. The lowest BCUT2D eigenvalue weighted by Gasteiger charge is -2.21. The molecule has 116 valence electrons. The Bertz CT molecular complexity index is 626. The number of aromatic nitrogens is 4. The van der Waals surface area contributed by atoms with Crippen molar-refractivity contribution in [2.75, 3.05) is 25.4 Å². The molecule has 0 aromatic carbocycles. The second-order valence-electron chi connectivity index (χ2n) is 4.58. The molecule has 0 aliphatic carbocycles. The molecule has 2 aromatic heterocycles. The molecule has 0 radical (unpaired) electrons. The Morgan fingerprint density at radius 1 is 1.38 bits per heavy atom. The van der Waals surface area contributed by atoms with Crippen molar-refractivity contribution >= 4 is 16.9 Å². The highest BCUT2D eigenvalue weighted by molar-refractivity contribution is 5.84. The van der Waals surface area contributed by atoms with Crippen molar-refractivity contribution < 1.29 is 18.3 Å². The fourth-order valence-corrected chi connectivity index (χ4v) is 1.97. The maximum absolute atomic E-state index is 12.5. The average molecular weight is 304 g/mol. The van der Waals surface area contributed by atoms with Crippen LogP contribution in [0.4, 0.5) is 19.0 Å². The Morgan fingerprint density at radius 2 is 2.10 bits per heavy atom. The van der Waals surface area contributed by atoms with Crippen LogP contribution in [0.5, 0.6) is 0 Å². The summed E-state index contributed by atoms with van der Waals surface area (Å²) in [6.45, 7) is -1.84. The zero-order valence-corrected chi connectivity index (χ0v) is 11.3. The van der Waals surface area contributed by atoms with Crippen molar-refractivity contribution in [1.82, 2.24) is 24.6 Å². The molecule has 7 nitrogen and oxygen atoms in total. The number of hydrogen-bond donors (Lipinski definition) is 2. The number of alkyl halides is 3. The van der Waals surface area contributed by atoms with Crippen molar-refractivity contribution in [2.24, 2.45) is 7.05 Å². The minimum atomic E-state index is -4.36. The third-order valence-electron chi connectivity index (χ3n) is 2.85. The molecule has 2 heterocycles. The van der Waals surface area contributed by atoms with Gasteiger partial charge in [0.25, 0.3) is 0 Å². The predicted octanol–water partition coefficient (Wildman–Crippen LogP) is 0.302. The van der Waals surface area contributed by atoms with Crippen LogP contribution >= 0.6 is 0 Å². The van der Waals surface area contributed by atoms with Crippen LogP contribution in [0.25, 0.3) is 11.0 Å². The van der Waals surface area contributed by atoms with Gasteiger partial charge in [-0.15, -0.1) is 0 Å². The normalized spacial score (nSPS) is 12.5.